The van der Waals surface area contributed by atoms with Gasteiger partial charge in [-0.2, -0.15) is 0 Å². The van der Waals surface area contributed by atoms with Gasteiger partial charge in [-0.15, -0.1) is 0 Å². The van der Waals surface area contributed by atoms with Crippen molar-refractivity contribution in [1.82, 2.24) is 0 Å². The maximum Gasteiger partial charge on any atom is 0.0810 e. The highest BCUT2D eigenvalue weighted by atomic mass is 32.2. The molecule has 0 radical (unpaired) electrons. The SMILES string of the molecule is CC.CC.CCC(COCCCCCCCCCCCCCS(=O)CC)OCc1ccccc1. The molecule has 1 rings (SSSR count). The van der Waals surface area contributed by atoms with Crippen LogP contribution in [0, 0.1) is 0 Å². The Morgan fingerprint density at radius 3 is 1.74 bits per heavy atom. The molecule has 0 saturated heterocycles. The molecular weight excluding hydrogens is 440 g/mol. The summed E-state index contributed by atoms with van der Waals surface area (Å²) in [6, 6.07) is 10.3. The molecule has 2 unspecified atom stereocenters. The second-order valence-corrected chi connectivity index (χ2v) is 10.1. The molecule has 4 heteroatoms. The molecule has 1 aromatic rings. The predicted octanol–water partition coefficient (Wildman–Crippen LogP) is 9.11. The van der Waals surface area contributed by atoms with Gasteiger partial charge in [0.15, 0.2) is 0 Å². The van der Waals surface area contributed by atoms with E-state index in [4.69, 9.17) is 9.47 Å². The number of hydrogen-bond acceptors (Lipinski definition) is 3. The third kappa shape index (κ3) is 24.4. The van der Waals surface area contributed by atoms with Crippen molar-refractivity contribution < 1.29 is 13.7 Å². The van der Waals surface area contributed by atoms with Gasteiger partial charge in [0.2, 0.25) is 0 Å². The molecule has 0 bridgehead atoms. The minimum Gasteiger partial charge on any atom is -0.379 e. The van der Waals surface area contributed by atoms with E-state index in [1.807, 2.05) is 40.7 Å². The standard InChI is InChI=1S/C26H46O3S.2C2H6/c1-3-26(29-23-25-19-15-14-16-20-25)24-28-21-17-12-10-8-6-5-7-9-11-13-18-22-30(27)4-2;2*1-2/h14-16,19-20,26H,3-13,17-18,21-24H2,1-2H3;2*1-2H3. The summed E-state index contributed by atoms with van der Waals surface area (Å²) in [7, 11) is -0.570. The number of ether oxygens (including phenoxy) is 2. The van der Waals surface area contributed by atoms with Gasteiger partial charge in [-0.05, 0) is 24.8 Å². The van der Waals surface area contributed by atoms with E-state index in [9.17, 15) is 4.21 Å². The molecular formula is C30H58O3S. The smallest absolute Gasteiger partial charge is 0.0810 e. The fraction of sp³-hybridized carbons (Fsp3) is 0.800. The Morgan fingerprint density at radius 2 is 1.24 bits per heavy atom. The van der Waals surface area contributed by atoms with Crippen molar-refractivity contribution in [2.24, 2.45) is 0 Å². The monoisotopic (exact) mass is 498 g/mol. The zero-order chi connectivity index (χ0) is 25.7. The maximum atomic E-state index is 11.3. The van der Waals surface area contributed by atoms with Gasteiger partial charge in [0.05, 0.1) is 19.3 Å². The summed E-state index contributed by atoms with van der Waals surface area (Å²) in [5.74, 6) is 1.72. The van der Waals surface area contributed by atoms with Crippen LogP contribution in [0.3, 0.4) is 0 Å². The molecule has 3 nitrogen and oxygen atoms in total. The van der Waals surface area contributed by atoms with Crippen LogP contribution in [-0.4, -0.2) is 35.0 Å². The lowest BCUT2D eigenvalue weighted by atomic mass is 10.1. The van der Waals surface area contributed by atoms with Gasteiger partial charge in [-0.3, -0.25) is 4.21 Å². The molecule has 0 N–H and O–H groups in total. The lowest BCUT2D eigenvalue weighted by Crippen LogP contribution is -2.19. The number of hydrogen-bond donors (Lipinski definition) is 0. The molecule has 0 spiro atoms. The van der Waals surface area contributed by atoms with Crippen LogP contribution in [0.4, 0.5) is 0 Å². The lowest BCUT2D eigenvalue weighted by Gasteiger charge is -2.16. The lowest BCUT2D eigenvalue weighted by molar-refractivity contribution is -0.0269. The molecule has 1 aromatic carbocycles. The Balaban J connectivity index is 0. The van der Waals surface area contributed by atoms with Crippen molar-refractivity contribution in [1.29, 1.82) is 0 Å². The molecule has 34 heavy (non-hydrogen) atoms. The Hall–Kier alpha value is -0.710. The summed E-state index contributed by atoms with van der Waals surface area (Å²) in [4.78, 5) is 0. The van der Waals surface area contributed by atoms with Crippen LogP contribution >= 0.6 is 0 Å². The van der Waals surface area contributed by atoms with Gasteiger partial charge < -0.3 is 9.47 Å². The Bertz CT molecular complexity index is 507. The highest BCUT2D eigenvalue weighted by molar-refractivity contribution is 7.84. The second kappa shape index (κ2) is 30.3. The number of benzene rings is 1. The van der Waals surface area contributed by atoms with Crippen molar-refractivity contribution in [2.45, 2.75) is 131 Å². The third-order valence-corrected chi connectivity index (χ3v) is 6.96. The van der Waals surface area contributed by atoms with Crippen molar-refractivity contribution in [3.05, 3.63) is 35.9 Å². The summed E-state index contributed by atoms with van der Waals surface area (Å²) in [5, 5.41) is 0. The summed E-state index contributed by atoms with van der Waals surface area (Å²) in [6.45, 7) is 14.4. The first-order valence-electron chi connectivity index (χ1n) is 14.3. The minimum absolute atomic E-state index is 0.194. The van der Waals surface area contributed by atoms with Crippen LogP contribution in [0.1, 0.15) is 124 Å². The fourth-order valence-corrected chi connectivity index (χ4v) is 4.30. The Morgan fingerprint density at radius 1 is 0.735 bits per heavy atom. The number of unbranched alkanes of at least 4 members (excludes halogenated alkanes) is 10. The molecule has 0 aliphatic carbocycles. The molecule has 0 heterocycles. The first-order chi connectivity index (χ1) is 16.8. The van der Waals surface area contributed by atoms with Crippen molar-refractivity contribution in [3.8, 4) is 0 Å². The van der Waals surface area contributed by atoms with E-state index in [-0.39, 0.29) is 6.10 Å². The zero-order valence-electron chi connectivity index (χ0n) is 23.6. The summed E-state index contributed by atoms with van der Waals surface area (Å²) in [6.07, 6.45) is 15.4. The molecule has 0 aliphatic rings. The largest absolute Gasteiger partial charge is 0.379 e. The normalized spacial score (nSPS) is 12.2. The fourth-order valence-electron chi connectivity index (χ4n) is 3.49. The Labute approximate surface area is 216 Å². The molecule has 0 fully saturated rings. The Kier molecular flexibility index (Phi) is 31.6. The highest BCUT2D eigenvalue weighted by Gasteiger charge is 2.07. The van der Waals surface area contributed by atoms with E-state index in [1.165, 1.54) is 63.4 Å². The average Bonchev–Trinajstić information content (AvgIpc) is 2.90. The molecule has 202 valence electrons. The molecule has 2 atom stereocenters. The summed E-state index contributed by atoms with van der Waals surface area (Å²) >= 11 is 0. The topological polar surface area (TPSA) is 35.5 Å². The van der Waals surface area contributed by atoms with Crippen LogP contribution in [0.15, 0.2) is 30.3 Å². The van der Waals surface area contributed by atoms with Crippen molar-refractivity contribution in [3.63, 3.8) is 0 Å². The summed E-state index contributed by atoms with van der Waals surface area (Å²) < 4.78 is 23.2. The van der Waals surface area contributed by atoms with Crippen molar-refractivity contribution in [2.75, 3.05) is 24.7 Å². The van der Waals surface area contributed by atoms with Crippen LogP contribution in [-0.2, 0) is 26.9 Å². The van der Waals surface area contributed by atoms with E-state index in [2.05, 4.69) is 31.2 Å². The van der Waals surface area contributed by atoms with E-state index >= 15 is 0 Å². The van der Waals surface area contributed by atoms with Crippen molar-refractivity contribution >= 4 is 10.8 Å². The molecule has 0 amide bonds. The van der Waals surface area contributed by atoms with E-state index in [0.717, 1.165) is 37.4 Å². The predicted molar refractivity (Wildman–Crippen MR) is 153 cm³/mol. The third-order valence-electron chi connectivity index (χ3n) is 5.57. The van der Waals surface area contributed by atoms with Gasteiger partial charge in [0.25, 0.3) is 0 Å². The van der Waals surface area contributed by atoms with Crippen LogP contribution in [0.5, 0.6) is 0 Å². The van der Waals surface area contributed by atoms with Crippen LogP contribution in [0.2, 0.25) is 0 Å². The van der Waals surface area contributed by atoms with Crippen LogP contribution in [0.25, 0.3) is 0 Å². The van der Waals surface area contributed by atoms with Gasteiger partial charge in [0, 0.05) is 28.9 Å². The summed E-state index contributed by atoms with van der Waals surface area (Å²) in [5.41, 5.74) is 1.22. The molecule has 0 aliphatic heterocycles. The average molecular weight is 499 g/mol. The maximum absolute atomic E-state index is 11.3. The zero-order valence-corrected chi connectivity index (χ0v) is 24.4. The van der Waals surface area contributed by atoms with Gasteiger partial charge >= 0.3 is 0 Å². The van der Waals surface area contributed by atoms with E-state index in [1.54, 1.807) is 0 Å². The molecule has 0 saturated carbocycles. The first kappa shape index (κ1) is 35.5. The van der Waals surface area contributed by atoms with E-state index in [0.29, 0.717) is 13.2 Å². The molecule has 0 aromatic heterocycles. The van der Waals surface area contributed by atoms with Crippen LogP contribution < -0.4 is 0 Å². The van der Waals surface area contributed by atoms with Gasteiger partial charge in [-0.25, -0.2) is 0 Å². The van der Waals surface area contributed by atoms with Gasteiger partial charge in [-0.1, -0.05) is 130 Å². The minimum atomic E-state index is -0.570. The van der Waals surface area contributed by atoms with E-state index < -0.39 is 10.8 Å². The number of rotatable bonds is 21. The second-order valence-electron chi connectivity index (χ2n) is 8.22. The first-order valence-corrected chi connectivity index (χ1v) is 15.8. The highest BCUT2D eigenvalue weighted by Crippen LogP contribution is 2.12. The van der Waals surface area contributed by atoms with Gasteiger partial charge in [0.1, 0.15) is 0 Å². The quantitative estimate of drug-likeness (QED) is 0.158.